The van der Waals surface area contributed by atoms with Gasteiger partial charge in [0.05, 0.1) is 13.7 Å². The summed E-state index contributed by atoms with van der Waals surface area (Å²) in [7, 11) is 1.61. The number of aliphatic hydroxyl groups excluding tert-OH is 1. The summed E-state index contributed by atoms with van der Waals surface area (Å²) >= 11 is 0. The maximum atomic E-state index is 9.74. The molecule has 0 amide bonds. The zero-order chi connectivity index (χ0) is 19.3. The summed E-state index contributed by atoms with van der Waals surface area (Å²) in [4.78, 5) is 8.12. The summed E-state index contributed by atoms with van der Waals surface area (Å²) in [5.74, 6) is 0.965. The molecule has 2 aliphatic rings. The molecule has 28 heavy (non-hydrogen) atoms. The average molecular weight is 386 g/mol. The molecular weight excluding hydrogens is 368 g/mol. The number of hydrogen-bond donors (Lipinski definition) is 2. The second kappa shape index (κ2) is 6.63. The van der Waals surface area contributed by atoms with E-state index in [2.05, 4.69) is 20.3 Å². The van der Waals surface area contributed by atoms with Crippen LogP contribution in [-0.2, 0) is 14.2 Å². The smallest absolute Gasteiger partial charge is 0.186 e. The summed E-state index contributed by atoms with van der Waals surface area (Å²) in [6.45, 7) is -0.222. The maximum absolute atomic E-state index is 9.74. The van der Waals surface area contributed by atoms with Crippen LogP contribution >= 0.6 is 0 Å². The molecule has 2 aliphatic heterocycles. The molecular formula is C17H18N6O5. The average Bonchev–Trinajstić information content (AvgIpc) is 3.42. The van der Waals surface area contributed by atoms with Gasteiger partial charge in [-0.15, -0.1) is 5.10 Å². The van der Waals surface area contributed by atoms with Crippen molar-refractivity contribution in [1.82, 2.24) is 25.0 Å². The Hall–Kier alpha value is -2.86. The number of nitrogens with zero attached hydrogens (tertiary/aromatic N) is 5. The Bertz CT molecular complexity index is 995. The van der Waals surface area contributed by atoms with Crippen LogP contribution < -0.4 is 10.5 Å². The number of aliphatic hydroxyl groups is 1. The lowest BCUT2D eigenvalue weighted by Crippen LogP contribution is -2.31. The van der Waals surface area contributed by atoms with Crippen LogP contribution in [0.25, 0.3) is 11.2 Å². The van der Waals surface area contributed by atoms with Crippen molar-refractivity contribution in [1.29, 1.82) is 0 Å². The third-order valence-corrected chi connectivity index (χ3v) is 4.95. The van der Waals surface area contributed by atoms with Crippen LogP contribution in [0.4, 0.5) is 5.82 Å². The molecule has 4 heterocycles. The second-order valence-corrected chi connectivity index (χ2v) is 6.52. The summed E-state index contributed by atoms with van der Waals surface area (Å²) in [6.07, 6.45) is -1.50. The topological polar surface area (TPSA) is 140 Å². The van der Waals surface area contributed by atoms with E-state index in [-0.39, 0.29) is 12.4 Å². The first kappa shape index (κ1) is 17.3. The fourth-order valence-electron chi connectivity index (χ4n) is 3.55. The largest absolute Gasteiger partial charge is 0.497 e. The van der Waals surface area contributed by atoms with Crippen molar-refractivity contribution in [3.8, 4) is 5.75 Å². The van der Waals surface area contributed by atoms with E-state index in [0.717, 1.165) is 11.3 Å². The van der Waals surface area contributed by atoms with Gasteiger partial charge in [0.1, 0.15) is 30.4 Å². The normalized spacial score (nSPS) is 29.3. The highest BCUT2D eigenvalue weighted by molar-refractivity contribution is 5.80. The third-order valence-electron chi connectivity index (χ3n) is 4.95. The lowest BCUT2D eigenvalue weighted by Gasteiger charge is -2.19. The van der Waals surface area contributed by atoms with Crippen molar-refractivity contribution < 1.29 is 24.1 Å². The molecule has 5 rings (SSSR count). The van der Waals surface area contributed by atoms with Crippen LogP contribution in [0.3, 0.4) is 0 Å². The zero-order valence-corrected chi connectivity index (χ0v) is 14.9. The molecule has 11 heteroatoms. The molecule has 3 N–H and O–H groups in total. The maximum Gasteiger partial charge on any atom is 0.186 e. The Balaban J connectivity index is 1.46. The lowest BCUT2D eigenvalue weighted by molar-refractivity contribution is -0.155. The third kappa shape index (κ3) is 2.59. The molecule has 2 aromatic heterocycles. The summed E-state index contributed by atoms with van der Waals surface area (Å²) in [5, 5.41) is 17.9. The fraction of sp³-hybridized carbons (Fsp3) is 0.412. The van der Waals surface area contributed by atoms with Gasteiger partial charge in [0.2, 0.25) is 0 Å². The van der Waals surface area contributed by atoms with E-state index < -0.39 is 30.8 Å². The molecule has 11 nitrogen and oxygen atoms in total. The Morgan fingerprint density at radius 1 is 1.14 bits per heavy atom. The van der Waals surface area contributed by atoms with Crippen LogP contribution in [0.1, 0.15) is 18.1 Å². The van der Waals surface area contributed by atoms with Gasteiger partial charge in [0.15, 0.2) is 29.5 Å². The SMILES string of the molecule is COc1ccc(C2OC3C(CO)OC(n4nnc5c(N)ncnc54)C3O2)cc1. The van der Waals surface area contributed by atoms with E-state index in [4.69, 9.17) is 24.7 Å². The molecule has 5 unspecified atom stereocenters. The van der Waals surface area contributed by atoms with Gasteiger partial charge in [-0.2, -0.15) is 4.68 Å². The number of ether oxygens (including phenoxy) is 4. The van der Waals surface area contributed by atoms with E-state index >= 15 is 0 Å². The number of nitrogens with two attached hydrogens (primary N) is 1. The fourth-order valence-corrected chi connectivity index (χ4v) is 3.55. The minimum Gasteiger partial charge on any atom is -0.497 e. The highest BCUT2D eigenvalue weighted by Gasteiger charge is 2.54. The van der Waals surface area contributed by atoms with E-state index in [1.54, 1.807) is 7.11 Å². The minimum absolute atomic E-state index is 0.222. The highest BCUT2D eigenvalue weighted by Crippen LogP contribution is 2.44. The highest BCUT2D eigenvalue weighted by atomic mass is 16.8. The molecule has 0 aliphatic carbocycles. The summed E-state index contributed by atoms with van der Waals surface area (Å²) in [6, 6.07) is 7.40. The first-order chi connectivity index (χ1) is 13.7. The van der Waals surface area contributed by atoms with Crippen molar-refractivity contribution in [2.24, 2.45) is 0 Å². The number of rotatable bonds is 4. The number of fused-ring (bicyclic) bond motifs is 2. The van der Waals surface area contributed by atoms with Gasteiger partial charge in [-0.05, 0) is 12.1 Å². The van der Waals surface area contributed by atoms with E-state index in [1.165, 1.54) is 11.0 Å². The van der Waals surface area contributed by atoms with Gasteiger partial charge in [-0.25, -0.2) is 9.97 Å². The van der Waals surface area contributed by atoms with Gasteiger partial charge in [-0.3, -0.25) is 0 Å². The standard InChI is InChI=1S/C17H18N6O5/c1-25-9-4-2-8(3-5-9)17-27-12-10(6-24)26-16(13(12)28-17)23-15-11(21-22-23)14(18)19-7-20-15/h2-5,7,10,12-13,16-17,24H,6H2,1H3,(H2,18,19,20). The molecule has 2 saturated heterocycles. The Labute approximate surface area is 159 Å². The molecule has 0 spiro atoms. The van der Waals surface area contributed by atoms with Gasteiger partial charge in [-0.1, -0.05) is 17.3 Å². The number of hydrogen-bond acceptors (Lipinski definition) is 10. The van der Waals surface area contributed by atoms with Gasteiger partial charge < -0.3 is 29.8 Å². The monoisotopic (exact) mass is 386 g/mol. The molecule has 1 aromatic carbocycles. The Morgan fingerprint density at radius 2 is 1.93 bits per heavy atom. The first-order valence-electron chi connectivity index (χ1n) is 8.72. The Kier molecular flexibility index (Phi) is 4.09. The quantitative estimate of drug-likeness (QED) is 0.638. The molecule has 0 saturated carbocycles. The van der Waals surface area contributed by atoms with Crippen molar-refractivity contribution in [2.75, 3.05) is 19.5 Å². The number of aromatic nitrogens is 5. The van der Waals surface area contributed by atoms with Crippen molar-refractivity contribution in [3.05, 3.63) is 36.2 Å². The number of methoxy groups -OCH3 is 1. The Morgan fingerprint density at radius 3 is 2.68 bits per heavy atom. The second-order valence-electron chi connectivity index (χ2n) is 6.52. The predicted octanol–water partition coefficient (Wildman–Crippen LogP) is 0.185. The van der Waals surface area contributed by atoms with Crippen LogP contribution in [0.15, 0.2) is 30.6 Å². The van der Waals surface area contributed by atoms with Crippen LogP contribution in [0.2, 0.25) is 0 Å². The molecule has 3 aromatic rings. The van der Waals surface area contributed by atoms with E-state index in [0.29, 0.717) is 11.2 Å². The van der Waals surface area contributed by atoms with Crippen molar-refractivity contribution in [2.45, 2.75) is 30.8 Å². The molecule has 0 radical (unpaired) electrons. The van der Waals surface area contributed by atoms with E-state index in [9.17, 15) is 5.11 Å². The predicted molar refractivity (Wildman–Crippen MR) is 94.0 cm³/mol. The minimum atomic E-state index is -0.676. The first-order valence-corrected chi connectivity index (χ1v) is 8.72. The number of nitrogen functional groups attached to an aromatic ring is 1. The van der Waals surface area contributed by atoms with Crippen molar-refractivity contribution in [3.63, 3.8) is 0 Å². The summed E-state index contributed by atoms with van der Waals surface area (Å²) in [5.41, 5.74) is 7.47. The van der Waals surface area contributed by atoms with Gasteiger partial charge in [0.25, 0.3) is 0 Å². The van der Waals surface area contributed by atoms with Crippen LogP contribution in [0, 0.1) is 0 Å². The lowest BCUT2D eigenvalue weighted by atomic mass is 10.1. The number of benzene rings is 1. The van der Waals surface area contributed by atoms with E-state index in [1.807, 2.05) is 24.3 Å². The molecule has 5 atom stereocenters. The molecule has 2 fully saturated rings. The molecule has 146 valence electrons. The van der Waals surface area contributed by atoms with Crippen LogP contribution in [-0.4, -0.2) is 62.1 Å². The van der Waals surface area contributed by atoms with Gasteiger partial charge >= 0.3 is 0 Å². The zero-order valence-electron chi connectivity index (χ0n) is 14.9. The van der Waals surface area contributed by atoms with Gasteiger partial charge in [0, 0.05) is 5.56 Å². The summed E-state index contributed by atoms with van der Waals surface area (Å²) < 4.78 is 24.8. The molecule has 0 bridgehead atoms. The van der Waals surface area contributed by atoms with Crippen LogP contribution in [0.5, 0.6) is 5.75 Å². The number of anilines is 1. The van der Waals surface area contributed by atoms with Crippen molar-refractivity contribution >= 4 is 17.0 Å².